The third kappa shape index (κ3) is 3.85. The summed E-state index contributed by atoms with van der Waals surface area (Å²) in [6.07, 6.45) is -0.239. The van der Waals surface area contributed by atoms with Crippen molar-refractivity contribution in [1.82, 2.24) is 4.98 Å². The van der Waals surface area contributed by atoms with Crippen LogP contribution in [0.25, 0.3) is 11.5 Å². The van der Waals surface area contributed by atoms with Gasteiger partial charge in [-0.25, -0.2) is 12.8 Å². The molecule has 0 bridgehead atoms. The summed E-state index contributed by atoms with van der Waals surface area (Å²) in [5.74, 6) is -0.496. The summed E-state index contributed by atoms with van der Waals surface area (Å²) in [5.41, 5.74) is 1.05. The molecular formula is C22H23FN2O4S. The molecule has 1 fully saturated rings. The molecule has 4 rings (SSSR count). The van der Waals surface area contributed by atoms with Gasteiger partial charge in [0.25, 0.3) is 0 Å². The van der Waals surface area contributed by atoms with Crippen LogP contribution in [0.2, 0.25) is 0 Å². The highest BCUT2D eigenvalue weighted by molar-refractivity contribution is 7.91. The van der Waals surface area contributed by atoms with E-state index in [1.165, 1.54) is 24.3 Å². The predicted molar refractivity (Wildman–Crippen MR) is 111 cm³/mol. The molecule has 0 amide bonds. The molecule has 2 aromatic carbocycles. The van der Waals surface area contributed by atoms with E-state index >= 15 is 0 Å². The molecule has 30 heavy (non-hydrogen) atoms. The van der Waals surface area contributed by atoms with E-state index < -0.39 is 15.7 Å². The Bertz CT molecular complexity index is 1150. The molecule has 8 heteroatoms. The number of sulfone groups is 1. The number of hydrogen-bond acceptors (Lipinski definition) is 6. The number of morpholine rings is 1. The van der Waals surface area contributed by atoms with E-state index in [0.29, 0.717) is 13.1 Å². The molecule has 0 unspecified atom stereocenters. The Labute approximate surface area is 175 Å². The van der Waals surface area contributed by atoms with Gasteiger partial charge in [0.2, 0.25) is 26.6 Å². The third-order valence-electron chi connectivity index (χ3n) is 4.98. The SMILES string of the molecule is Cc1ccc(S(=O)(=O)c2nc(-c3ccccc3F)oc2N2C[C@@H](C)O[C@@H](C)C2)cc1. The number of hydrogen-bond donors (Lipinski definition) is 0. The van der Waals surface area contributed by atoms with Gasteiger partial charge in [-0.1, -0.05) is 29.8 Å². The first-order valence-electron chi connectivity index (χ1n) is 9.73. The largest absolute Gasteiger partial charge is 0.419 e. The summed E-state index contributed by atoms with van der Waals surface area (Å²) in [6, 6.07) is 12.5. The van der Waals surface area contributed by atoms with Crippen molar-refractivity contribution in [2.45, 2.75) is 42.9 Å². The van der Waals surface area contributed by atoms with Crippen LogP contribution in [-0.2, 0) is 14.6 Å². The average Bonchev–Trinajstić information content (AvgIpc) is 3.14. The number of aryl methyl sites for hydroxylation is 1. The zero-order valence-electron chi connectivity index (χ0n) is 17.0. The number of halogens is 1. The van der Waals surface area contributed by atoms with Gasteiger partial charge in [0.1, 0.15) is 5.82 Å². The second-order valence-corrected chi connectivity index (χ2v) is 9.45. The molecule has 2 heterocycles. The number of aromatic nitrogens is 1. The van der Waals surface area contributed by atoms with Crippen LogP contribution in [0.4, 0.5) is 10.3 Å². The minimum absolute atomic E-state index is 0.0689. The number of rotatable bonds is 4. The Morgan fingerprint density at radius 1 is 1.03 bits per heavy atom. The lowest BCUT2D eigenvalue weighted by molar-refractivity contribution is -0.00657. The monoisotopic (exact) mass is 430 g/mol. The van der Waals surface area contributed by atoms with Crippen molar-refractivity contribution in [2.75, 3.05) is 18.0 Å². The molecule has 6 nitrogen and oxygen atoms in total. The molecule has 1 aromatic heterocycles. The van der Waals surface area contributed by atoms with E-state index in [4.69, 9.17) is 9.15 Å². The van der Waals surface area contributed by atoms with Crippen LogP contribution in [-0.4, -0.2) is 38.7 Å². The minimum Gasteiger partial charge on any atom is -0.419 e. The van der Waals surface area contributed by atoms with Gasteiger partial charge < -0.3 is 14.1 Å². The second-order valence-electron chi connectivity index (χ2n) is 7.59. The van der Waals surface area contributed by atoms with E-state index in [1.807, 2.05) is 20.8 Å². The summed E-state index contributed by atoms with van der Waals surface area (Å²) in [6.45, 7) is 6.57. The van der Waals surface area contributed by atoms with E-state index in [-0.39, 0.29) is 39.5 Å². The number of ether oxygens (including phenoxy) is 1. The van der Waals surface area contributed by atoms with Crippen LogP contribution >= 0.6 is 0 Å². The van der Waals surface area contributed by atoms with E-state index in [2.05, 4.69) is 4.98 Å². The third-order valence-corrected chi connectivity index (χ3v) is 6.64. The molecule has 0 aliphatic carbocycles. The zero-order valence-corrected chi connectivity index (χ0v) is 17.8. The van der Waals surface area contributed by atoms with Gasteiger partial charge in [0.15, 0.2) is 0 Å². The Morgan fingerprint density at radius 3 is 2.30 bits per heavy atom. The van der Waals surface area contributed by atoms with Gasteiger partial charge >= 0.3 is 0 Å². The summed E-state index contributed by atoms with van der Waals surface area (Å²) in [7, 11) is -3.98. The maximum atomic E-state index is 14.4. The topological polar surface area (TPSA) is 72.6 Å². The Hall–Kier alpha value is -2.71. The van der Waals surface area contributed by atoms with Crippen LogP contribution in [0.5, 0.6) is 0 Å². The molecule has 158 valence electrons. The Balaban J connectivity index is 1.87. The first-order valence-corrected chi connectivity index (χ1v) is 11.2. The van der Waals surface area contributed by atoms with Crippen molar-refractivity contribution in [2.24, 2.45) is 0 Å². The number of oxazole rings is 1. The first kappa shape index (κ1) is 20.6. The van der Waals surface area contributed by atoms with Gasteiger partial charge in [-0.05, 0) is 45.0 Å². The Kier molecular flexibility index (Phi) is 5.38. The zero-order chi connectivity index (χ0) is 21.5. The van der Waals surface area contributed by atoms with Crippen molar-refractivity contribution < 1.29 is 22.0 Å². The molecule has 0 radical (unpaired) electrons. The van der Waals surface area contributed by atoms with Crippen molar-refractivity contribution in [3.8, 4) is 11.5 Å². The van der Waals surface area contributed by atoms with Crippen LogP contribution in [0.1, 0.15) is 19.4 Å². The number of anilines is 1. The summed E-state index contributed by atoms with van der Waals surface area (Å²) in [5, 5.41) is -0.217. The Morgan fingerprint density at radius 2 is 1.67 bits per heavy atom. The van der Waals surface area contributed by atoms with Crippen LogP contribution < -0.4 is 4.90 Å². The minimum atomic E-state index is -3.98. The molecule has 1 saturated heterocycles. The van der Waals surface area contributed by atoms with Gasteiger partial charge in [-0.2, -0.15) is 4.98 Å². The molecular weight excluding hydrogens is 407 g/mol. The molecule has 2 atom stereocenters. The lowest BCUT2D eigenvalue weighted by atomic mass is 10.2. The van der Waals surface area contributed by atoms with Crippen LogP contribution in [0, 0.1) is 12.7 Å². The fourth-order valence-electron chi connectivity index (χ4n) is 3.60. The molecule has 1 aliphatic heterocycles. The fraction of sp³-hybridized carbons (Fsp3) is 0.318. The maximum Gasteiger partial charge on any atom is 0.236 e. The summed E-state index contributed by atoms with van der Waals surface area (Å²) in [4.78, 5) is 6.17. The maximum absolute atomic E-state index is 14.4. The standard InChI is InChI=1S/C22H23FN2O4S/c1-14-8-10-17(11-9-14)30(26,27)21-22(25-12-15(2)28-16(3)13-25)29-20(24-21)18-6-4-5-7-19(18)23/h4-11,15-16H,12-13H2,1-3H3/t15-,16+. The van der Waals surface area contributed by atoms with Crippen molar-refractivity contribution in [1.29, 1.82) is 0 Å². The lowest BCUT2D eigenvalue weighted by Crippen LogP contribution is -2.45. The quantitative estimate of drug-likeness (QED) is 0.617. The van der Waals surface area contributed by atoms with Crippen molar-refractivity contribution in [3.05, 3.63) is 59.9 Å². The van der Waals surface area contributed by atoms with Crippen LogP contribution in [0.3, 0.4) is 0 Å². The normalized spacial score (nSPS) is 19.8. The number of benzene rings is 2. The second kappa shape index (κ2) is 7.85. The first-order chi connectivity index (χ1) is 14.3. The van der Waals surface area contributed by atoms with E-state index in [9.17, 15) is 12.8 Å². The highest BCUT2D eigenvalue weighted by atomic mass is 32.2. The van der Waals surface area contributed by atoms with Gasteiger partial charge in [-0.15, -0.1) is 0 Å². The van der Waals surface area contributed by atoms with Crippen molar-refractivity contribution in [3.63, 3.8) is 0 Å². The molecule has 0 spiro atoms. The summed E-state index contributed by atoms with van der Waals surface area (Å²) >= 11 is 0. The van der Waals surface area contributed by atoms with E-state index in [0.717, 1.165) is 5.56 Å². The van der Waals surface area contributed by atoms with Gasteiger partial charge in [0.05, 0.1) is 22.7 Å². The van der Waals surface area contributed by atoms with Crippen LogP contribution in [0.15, 0.2) is 62.9 Å². The average molecular weight is 431 g/mol. The van der Waals surface area contributed by atoms with E-state index in [1.54, 1.807) is 29.2 Å². The highest BCUT2D eigenvalue weighted by Crippen LogP contribution is 2.36. The molecule has 1 aliphatic rings. The molecule has 3 aromatic rings. The smallest absolute Gasteiger partial charge is 0.236 e. The molecule has 0 saturated carbocycles. The van der Waals surface area contributed by atoms with Crippen molar-refractivity contribution >= 4 is 15.7 Å². The highest BCUT2D eigenvalue weighted by Gasteiger charge is 2.34. The predicted octanol–water partition coefficient (Wildman–Crippen LogP) is 4.24. The summed E-state index contributed by atoms with van der Waals surface area (Å²) < 4.78 is 52.9. The van der Waals surface area contributed by atoms with Gasteiger partial charge in [-0.3, -0.25) is 0 Å². The molecule has 0 N–H and O–H groups in total. The fourth-order valence-corrected chi connectivity index (χ4v) is 4.92. The lowest BCUT2D eigenvalue weighted by Gasteiger charge is -2.35. The van der Waals surface area contributed by atoms with Gasteiger partial charge in [0, 0.05) is 13.1 Å². The number of nitrogens with zero attached hydrogens (tertiary/aromatic N) is 2.